The molecule has 3 heterocycles. The molecule has 0 amide bonds. The molecular formula is C23H20F2N6O4. The lowest BCUT2D eigenvalue weighted by Crippen LogP contribution is -2.15. The molecule has 180 valence electrons. The Morgan fingerprint density at radius 1 is 1.00 bits per heavy atom. The molecule has 0 spiro atoms. The lowest BCUT2D eigenvalue weighted by Gasteiger charge is -2.01. The molecule has 0 aliphatic carbocycles. The van der Waals surface area contributed by atoms with Gasteiger partial charge in [0.2, 0.25) is 0 Å². The van der Waals surface area contributed by atoms with Crippen molar-refractivity contribution in [1.82, 2.24) is 24.3 Å². The Hall–Kier alpha value is -4.87. The van der Waals surface area contributed by atoms with Crippen LogP contribution >= 0.6 is 0 Å². The molecule has 0 saturated carbocycles. The van der Waals surface area contributed by atoms with E-state index in [0.717, 1.165) is 17.1 Å². The monoisotopic (exact) mass is 482 g/mol. The van der Waals surface area contributed by atoms with Gasteiger partial charge in [0, 0.05) is 47.9 Å². The number of hydrogen-bond acceptors (Lipinski definition) is 8. The van der Waals surface area contributed by atoms with E-state index in [0.29, 0.717) is 11.1 Å². The number of nitrogens with zero attached hydrogens (tertiary/aromatic N) is 6. The van der Waals surface area contributed by atoms with Crippen LogP contribution in [-0.2, 0) is 0 Å². The van der Waals surface area contributed by atoms with Crippen LogP contribution in [0.1, 0.15) is 18.2 Å². The maximum absolute atomic E-state index is 12.6. The highest BCUT2D eigenvalue weighted by Crippen LogP contribution is 2.19. The number of fused-ring (bicyclic) bond motifs is 1. The lowest BCUT2D eigenvalue weighted by molar-refractivity contribution is 0.244. The number of aromatic hydroxyl groups is 1. The number of oxime groups is 1. The van der Waals surface area contributed by atoms with Gasteiger partial charge < -0.3 is 14.8 Å². The Morgan fingerprint density at radius 3 is 2.14 bits per heavy atom. The van der Waals surface area contributed by atoms with Crippen LogP contribution in [0.15, 0.2) is 83.5 Å². The van der Waals surface area contributed by atoms with Gasteiger partial charge in [-0.2, -0.15) is 0 Å². The van der Waals surface area contributed by atoms with Crippen LogP contribution in [0.4, 0.5) is 13.6 Å². The summed E-state index contributed by atoms with van der Waals surface area (Å²) in [6, 6.07) is 7.69. The average molecular weight is 482 g/mol. The smallest absolute Gasteiger partial charge is 0.338 e. The molecule has 5 rings (SSSR count). The van der Waals surface area contributed by atoms with E-state index in [9.17, 15) is 13.6 Å². The fraction of sp³-hybridized carbons (Fsp3) is 0.0870. The maximum Gasteiger partial charge on any atom is 0.338 e. The number of halogens is 2. The molecule has 0 radical (unpaired) electrons. The van der Waals surface area contributed by atoms with Crippen molar-refractivity contribution in [1.29, 1.82) is 0 Å². The third-order valence-electron chi connectivity index (χ3n) is 4.56. The van der Waals surface area contributed by atoms with Crippen molar-refractivity contribution in [3.8, 4) is 5.75 Å². The highest BCUT2D eigenvalue weighted by atomic mass is 19.1. The second kappa shape index (κ2) is 11.3. The first-order valence-electron chi connectivity index (χ1n) is 10.00. The van der Waals surface area contributed by atoms with Gasteiger partial charge in [0.05, 0.1) is 11.4 Å². The summed E-state index contributed by atoms with van der Waals surface area (Å²) in [4.78, 5) is 18.9. The molecule has 0 unspecified atom stereocenters. The minimum atomic E-state index is -0.526. The zero-order chi connectivity index (χ0) is 25.4. The number of phenols is 1. The van der Waals surface area contributed by atoms with Crippen LogP contribution in [0.5, 0.6) is 5.75 Å². The van der Waals surface area contributed by atoms with Gasteiger partial charge >= 0.3 is 6.03 Å². The Kier molecular flexibility index (Phi) is 8.01. The molecule has 0 bridgehead atoms. The Bertz CT molecular complexity index is 1390. The summed E-state index contributed by atoms with van der Waals surface area (Å²) in [6.45, 7) is 3.33. The van der Waals surface area contributed by atoms with Crippen molar-refractivity contribution in [3.63, 3.8) is 0 Å². The summed E-state index contributed by atoms with van der Waals surface area (Å²) < 4.78 is 32.6. The zero-order valence-electron chi connectivity index (χ0n) is 18.6. The van der Waals surface area contributed by atoms with E-state index in [-0.39, 0.29) is 23.3 Å². The molecule has 2 aromatic carbocycles. The minimum absolute atomic E-state index is 0.190. The normalized spacial score (nSPS) is 10.8. The minimum Gasteiger partial charge on any atom is -0.507 e. The summed E-state index contributed by atoms with van der Waals surface area (Å²) in [5.41, 5.74) is 1.86. The topological polar surface area (TPSA) is 132 Å². The predicted octanol–water partition coefficient (Wildman–Crippen LogP) is 4.60. The molecule has 35 heavy (non-hydrogen) atoms. The van der Waals surface area contributed by atoms with Crippen LogP contribution in [-0.4, -0.2) is 46.3 Å². The highest BCUT2D eigenvalue weighted by Gasteiger charge is 2.06. The van der Waals surface area contributed by atoms with E-state index < -0.39 is 5.82 Å². The summed E-state index contributed by atoms with van der Waals surface area (Å²) in [7, 11) is 0. The van der Waals surface area contributed by atoms with Crippen molar-refractivity contribution in [3.05, 3.63) is 96.7 Å². The SMILES string of the molecule is C/C(=N\O)c1ccc(F)cc1O.Cc1noc2cc(F)ccc12.O=C(n1ccnc1)n1ccnc1. The Balaban J connectivity index is 0.000000147. The van der Waals surface area contributed by atoms with Gasteiger partial charge in [0.15, 0.2) is 5.58 Å². The number of hydrogen-bond donors (Lipinski definition) is 2. The summed E-state index contributed by atoms with van der Waals surface area (Å²) in [6.07, 6.45) is 9.17. The van der Waals surface area contributed by atoms with Crippen LogP contribution < -0.4 is 0 Å². The van der Waals surface area contributed by atoms with Crippen molar-refractivity contribution in [2.24, 2.45) is 5.16 Å². The van der Waals surface area contributed by atoms with E-state index in [1.54, 1.807) is 30.9 Å². The van der Waals surface area contributed by atoms with E-state index in [4.69, 9.17) is 14.8 Å². The van der Waals surface area contributed by atoms with Crippen molar-refractivity contribution in [2.45, 2.75) is 13.8 Å². The number of phenolic OH excluding ortho intramolecular Hbond substituents is 1. The van der Waals surface area contributed by atoms with Gasteiger partial charge in [0.25, 0.3) is 0 Å². The number of aryl methyl sites for hydroxylation is 1. The van der Waals surface area contributed by atoms with Crippen LogP contribution in [0.25, 0.3) is 11.0 Å². The molecule has 0 fully saturated rings. The largest absolute Gasteiger partial charge is 0.507 e. The molecule has 0 atom stereocenters. The second-order valence-corrected chi connectivity index (χ2v) is 6.98. The van der Waals surface area contributed by atoms with E-state index in [1.807, 2.05) is 6.92 Å². The second-order valence-electron chi connectivity index (χ2n) is 6.98. The predicted molar refractivity (Wildman–Crippen MR) is 121 cm³/mol. The summed E-state index contributed by atoms with van der Waals surface area (Å²) >= 11 is 0. The van der Waals surface area contributed by atoms with Crippen LogP contribution in [0, 0.1) is 18.6 Å². The van der Waals surface area contributed by atoms with Gasteiger partial charge in [-0.3, -0.25) is 9.13 Å². The maximum atomic E-state index is 12.6. The molecule has 5 aromatic rings. The Morgan fingerprint density at radius 2 is 1.60 bits per heavy atom. The molecule has 2 N–H and O–H groups in total. The van der Waals surface area contributed by atoms with Crippen LogP contribution in [0.3, 0.4) is 0 Å². The van der Waals surface area contributed by atoms with Gasteiger partial charge in [-0.1, -0.05) is 10.3 Å². The number of aromatic nitrogens is 5. The number of imidazole rings is 2. The number of rotatable bonds is 1. The van der Waals surface area contributed by atoms with Gasteiger partial charge in [-0.15, -0.1) is 0 Å². The van der Waals surface area contributed by atoms with Gasteiger partial charge in [-0.25, -0.2) is 23.5 Å². The molecule has 0 saturated heterocycles. The Labute approximate surface area is 197 Å². The first-order valence-corrected chi connectivity index (χ1v) is 10.00. The molecule has 3 aromatic heterocycles. The molecule has 10 nitrogen and oxygen atoms in total. The third kappa shape index (κ3) is 6.35. The fourth-order valence-electron chi connectivity index (χ4n) is 2.78. The summed E-state index contributed by atoms with van der Waals surface area (Å²) in [5, 5.41) is 25.0. The quantitative estimate of drug-likeness (QED) is 0.203. The van der Waals surface area contributed by atoms with Crippen molar-refractivity contribution < 1.29 is 28.4 Å². The first kappa shape index (κ1) is 24.8. The number of carbonyl (C=O) groups is 1. The zero-order valence-corrected chi connectivity index (χ0v) is 18.6. The highest BCUT2D eigenvalue weighted by molar-refractivity contribution is 6.00. The average Bonchev–Trinajstić information content (AvgIpc) is 3.62. The molecule has 12 heteroatoms. The lowest BCUT2D eigenvalue weighted by atomic mass is 10.1. The van der Waals surface area contributed by atoms with Crippen LogP contribution in [0.2, 0.25) is 0 Å². The third-order valence-corrected chi connectivity index (χ3v) is 4.56. The van der Waals surface area contributed by atoms with Crippen molar-refractivity contribution in [2.75, 3.05) is 0 Å². The van der Waals surface area contributed by atoms with E-state index in [1.165, 1.54) is 53.0 Å². The number of carbonyl (C=O) groups excluding carboxylic acids is 1. The van der Waals surface area contributed by atoms with Gasteiger partial charge in [0.1, 0.15) is 30.0 Å². The molecular weight excluding hydrogens is 462 g/mol. The fourth-order valence-corrected chi connectivity index (χ4v) is 2.78. The summed E-state index contributed by atoms with van der Waals surface area (Å²) in [5.74, 6) is -1.05. The van der Waals surface area contributed by atoms with E-state index in [2.05, 4.69) is 20.3 Å². The molecule has 0 aliphatic heterocycles. The standard InChI is InChI=1S/C8H8FNO2.C8H6FNO.C7H6N4O/c1-5(10-12)7-3-2-6(9)4-8(7)11;1-5-7-3-2-6(9)4-8(7)11-10-5;12-7(10-3-1-8-5-10)11-4-2-9-6-11/h2-4,11-12H,1H3;2-4H,1H3;1-6H/b10-5+;;. The number of benzene rings is 2. The first-order chi connectivity index (χ1) is 16.8. The van der Waals surface area contributed by atoms with Gasteiger partial charge in [-0.05, 0) is 38.1 Å². The molecule has 0 aliphatic rings. The van der Waals surface area contributed by atoms with Crippen molar-refractivity contribution >= 4 is 22.7 Å². The van der Waals surface area contributed by atoms with E-state index >= 15 is 0 Å².